The lowest BCUT2D eigenvalue weighted by Crippen LogP contribution is -2.51. The van der Waals surface area contributed by atoms with Gasteiger partial charge in [-0.1, -0.05) is 19.8 Å². The van der Waals surface area contributed by atoms with Crippen LogP contribution in [0.3, 0.4) is 0 Å². The summed E-state index contributed by atoms with van der Waals surface area (Å²) >= 11 is 0. The highest BCUT2D eigenvalue weighted by molar-refractivity contribution is 5.82. The summed E-state index contributed by atoms with van der Waals surface area (Å²) in [6, 6.07) is 0.511. The monoisotopic (exact) mass is 267 g/mol. The second kappa shape index (κ2) is 7.25. The van der Waals surface area contributed by atoms with Crippen LogP contribution in [0.15, 0.2) is 0 Å². The fourth-order valence-electron chi connectivity index (χ4n) is 3.29. The molecule has 110 valence electrons. The van der Waals surface area contributed by atoms with Crippen molar-refractivity contribution in [2.75, 3.05) is 33.2 Å². The molecule has 1 atom stereocenters. The molecular weight excluding hydrogens is 238 g/mol. The van der Waals surface area contributed by atoms with E-state index in [0.29, 0.717) is 11.9 Å². The summed E-state index contributed by atoms with van der Waals surface area (Å²) in [4.78, 5) is 17.0. The number of carbonyl (C=O) groups excluding carboxylic acids is 1. The summed E-state index contributed by atoms with van der Waals surface area (Å²) in [7, 11) is 2.00. The largest absolute Gasteiger partial charge is 0.341 e. The Hall–Kier alpha value is -0.610. The van der Waals surface area contributed by atoms with E-state index in [4.69, 9.17) is 0 Å². The van der Waals surface area contributed by atoms with Gasteiger partial charge in [0.1, 0.15) is 0 Å². The van der Waals surface area contributed by atoms with Gasteiger partial charge in [-0.2, -0.15) is 0 Å². The molecule has 4 heteroatoms. The molecule has 0 aliphatic carbocycles. The van der Waals surface area contributed by atoms with Gasteiger partial charge >= 0.3 is 0 Å². The third-order valence-electron chi connectivity index (χ3n) is 4.76. The Morgan fingerprint density at radius 2 is 1.95 bits per heavy atom. The SMILES string of the molecule is CCN1CCC(N(C)C(=O)C2CCCCCN2)CC1. The minimum Gasteiger partial charge on any atom is -0.341 e. The van der Waals surface area contributed by atoms with Gasteiger partial charge < -0.3 is 15.1 Å². The molecule has 2 fully saturated rings. The highest BCUT2D eigenvalue weighted by atomic mass is 16.2. The minimum atomic E-state index is 0.0664. The zero-order valence-corrected chi connectivity index (χ0v) is 12.5. The topological polar surface area (TPSA) is 35.6 Å². The Bertz CT molecular complexity index is 279. The summed E-state index contributed by atoms with van der Waals surface area (Å²) < 4.78 is 0. The molecule has 0 aromatic carbocycles. The average molecular weight is 267 g/mol. The molecule has 2 aliphatic heterocycles. The summed E-state index contributed by atoms with van der Waals surface area (Å²) in [6.45, 7) is 6.62. The summed E-state index contributed by atoms with van der Waals surface area (Å²) in [6.07, 6.45) is 6.92. The van der Waals surface area contributed by atoms with Gasteiger partial charge in [0.05, 0.1) is 6.04 Å². The van der Waals surface area contributed by atoms with Gasteiger partial charge in [-0.05, 0) is 38.8 Å². The molecule has 2 heterocycles. The lowest BCUT2D eigenvalue weighted by atomic mass is 10.0. The number of carbonyl (C=O) groups is 1. The standard InChI is InChI=1S/C15H29N3O/c1-3-18-11-8-13(9-12-18)17(2)15(19)14-7-5-4-6-10-16-14/h13-14,16H,3-12H2,1-2H3. The molecule has 0 radical (unpaired) electrons. The van der Waals surface area contributed by atoms with E-state index in [1.165, 1.54) is 19.3 Å². The average Bonchev–Trinajstić information content (AvgIpc) is 2.75. The lowest BCUT2D eigenvalue weighted by Gasteiger charge is -2.37. The minimum absolute atomic E-state index is 0.0664. The van der Waals surface area contributed by atoms with Gasteiger partial charge in [0, 0.05) is 26.2 Å². The molecule has 1 N–H and O–H groups in total. The van der Waals surface area contributed by atoms with E-state index >= 15 is 0 Å². The number of hydrogen-bond donors (Lipinski definition) is 1. The Morgan fingerprint density at radius 3 is 2.63 bits per heavy atom. The fourth-order valence-corrected chi connectivity index (χ4v) is 3.29. The van der Waals surface area contributed by atoms with Crippen LogP contribution in [0.1, 0.15) is 45.4 Å². The van der Waals surface area contributed by atoms with E-state index in [9.17, 15) is 4.79 Å². The summed E-state index contributed by atoms with van der Waals surface area (Å²) in [5.41, 5.74) is 0. The predicted octanol–water partition coefficient (Wildman–Crippen LogP) is 1.46. The van der Waals surface area contributed by atoms with Crippen molar-refractivity contribution in [3.8, 4) is 0 Å². The van der Waals surface area contributed by atoms with Crippen LogP contribution in [0.4, 0.5) is 0 Å². The molecule has 2 rings (SSSR count). The molecule has 1 unspecified atom stereocenters. The van der Waals surface area contributed by atoms with Crippen molar-refractivity contribution < 1.29 is 4.79 Å². The normalized spacial score (nSPS) is 26.9. The van der Waals surface area contributed by atoms with Gasteiger partial charge in [-0.25, -0.2) is 0 Å². The number of nitrogens with zero attached hydrogens (tertiary/aromatic N) is 2. The Labute approximate surface area is 117 Å². The molecule has 1 amide bonds. The third-order valence-corrected chi connectivity index (χ3v) is 4.76. The first-order chi connectivity index (χ1) is 9.22. The Morgan fingerprint density at radius 1 is 1.21 bits per heavy atom. The van der Waals surface area contributed by atoms with Crippen LogP contribution in [-0.4, -0.2) is 61.0 Å². The zero-order valence-electron chi connectivity index (χ0n) is 12.5. The van der Waals surface area contributed by atoms with Crippen molar-refractivity contribution in [3.63, 3.8) is 0 Å². The van der Waals surface area contributed by atoms with Crippen molar-refractivity contribution in [1.82, 2.24) is 15.1 Å². The molecule has 2 saturated heterocycles. The van der Waals surface area contributed by atoms with Crippen molar-refractivity contribution >= 4 is 5.91 Å². The molecule has 0 spiro atoms. The third kappa shape index (κ3) is 3.93. The number of amides is 1. The van der Waals surface area contributed by atoms with Crippen LogP contribution in [0.5, 0.6) is 0 Å². The van der Waals surface area contributed by atoms with Crippen molar-refractivity contribution in [3.05, 3.63) is 0 Å². The van der Waals surface area contributed by atoms with E-state index in [1.807, 2.05) is 11.9 Å². The second-order valence-electron chi connectivity index (χ2n) is 5.97. The van der Waals surface area contributed by atoms with Crippen molar-refractivity contribution in [2.24, 2.45) is 0 Å². The molecular formula is C15H29N3O. The quantitative estimate of drug-likeness (QED) is 0.841. The van der Waals surface area contributed by atoms with Crippen molar-refractivity contribution in [2.45, 2.75) is 57.5 Å². The Balaban J connectivity index is 1.84. The maximum atomic E-state index is 12.6. The molecule has 2 aliphatic rings. The maximum Gasteiger partial charge on any atom is 0.239 e. The van der Waals surface area contributed by atoms with Gasteiger partial charge in [0.25, 0.3) is 0 Å². The number of likely N-dealkylation sites (N-methyl/N-ethyl adjacent to an activating group) is 1. The molecule has 0 aromatic rings. The number of likely N-dealkylation sites (tertiary alicyclic amines) is 1. The van der Waals surface area contributed by atoms with Gasteiger partial charge in [0.15, 0.2) is 0 Å². The molecule has 0 aromatic heterocycles. The zero-order chi connectivity index (χ0) is 13.7. The highest BCUT2D eigenvalue weighted by Crippen LogP contribution is 2.18. The predicted molar refractivity (Wildman–Crippen MR) is 78.2 cm³/mol. The number of rotatable bonds is 3. The van der Waals surface area contributed by atoms with Crippen LogP contribution >= 0.6 is 0 Å². The van der Waals surface area contributed by atoms with Crippen LogP contribution in [0.25, 0.3) is 0 Å². The van der Waals surface area contributed by atoms with Crippen LogP contribution in [0, 0.1) is 0 Å². The number of hydrogen-bond acceptors (Lipinski definition) is 3. The van der Waals surface area contributed by atoms with E-state index in [-0.39, 0.29) is 6.04 Å². The first kappa shape index (κ1) is 14.8. The molecule has 4 nitrogen and oxygen atoms in total. The first-order valence-corrected chi connectivity index (χ1v) is 7.94. The van der Waals surface area contributed by atoms with Crippen molar-refractivity contribution in [1.29, 1.82) is 0 Å². The smallest absolute Gasteiger partial charge is 0.239 e. The lowest BCUT2D eigenvalue weighted by molar-refractivity contribution is -0.135. The van der Waals surface area contributed by atoms with Gasteiger partial charge in [-0.3, -0.25) is 4.79 Å². The summed E-state index contributed by atoms with van der Waals surface area (Å²) in [5, 5.41) is 3.42. The van der Waals surface area contributed by atoms with Crippen LogP contribution < -0.4 is 5.32 Å². The van der Waals surface area contributed by atoms with E-state index in [0.717, 1.165) is 45.4 Å². The molecule has 0 bridgehead atoms. The van der Waals surface area contributed by atoms with Gasteiger partial charge in [0.2, 0.25) is 5.91 Å². The second-order valence-corrected chi connectivity index (χ2v) is 5.97. The number of nitrogens with one attached hydrogen (secondary N) is 1. The molecule has 19 heavy (non-hydrogen) atoms. The fraction of sp³-hybridized carbons (Fsp3) is 0.933. The van der Waals surface area contributed by atoms with Crippen LogP contribution in [-0.2, 0) is 4.79 Å². The van der Waals surface area contributed by atoms with Crippen LogP contribution in [0.2, 0.25) is 0 Å². The first-order valence-electron chi connectivity index (χ1n) is 7.94. The van der Waals surface area contributed by atoms with E-state index in [1.54, 1.807) is 0 Å². The highest BCUT2D eigenvalue weighted by Gasteiger charge is 2.29. The van der Waals surface area contributed by atoms with Gasteiger partial charge in [-0.15, -0.1) is 0 Å². The summed E-state index contributed by atoms with van der Waals surface area (Å²) in [5.74, 6) is 0.317. The number of piperidine rings is 1. The molecule has 0 saturated carbocycles. The maximum absolute atomic E-state index is 12.6. The Kier molecular flexibility index (Phi) is 5.64. The van der Waals surface area contributed by atoms with E-state index in [2.05, 4.69) is 17.1 Å². The van der Waals surface area contributed by atoms with E-state index < -0.39 is 0 Å².